The van der Waals surface area contributed by atoms with Gasteiger partial charge in [-0.15, -0.1) is 22.7 Å². The van der Waals surface area contributed by atoms with E-state index in [0.29, 0.717) is 19.1 Å². The number of carbonyl (C=O) groups is 1. The number of hydrogen-bond acceptors (Lipinski definition) is 10. The Morgan fingerprint density at radius 1 is 1.17 bits per heavy atom. The number of nitrogens with one attached hydrogen (secondary N) is 2. The van der Waals surface area contributed by atoms with Gasteiger partial charge in [-0.3, -0.25) is 15.3 Å². The molecule has 0 saturated heterocycles. The SMILES string of the molecule is CN=C=S.Cc1nc(C)c(-c2n[nH]c(=S)n2C)s1.Cc1nc(C)c(C(=O)NN)s1.[I][V]([I])[I].[I][V][I]. The van der Waals surface area contributed by atoms with E-state index >= 15 is 0 Å². The van der Waals surface area contributed by atoms with Gasteiger partial charge in [0.1, 0.15) is 4.88 Å². The molecule has 0 unspecified atom stereocenters. The molecule has 3 rings (SSSR count). The Labute approximate surface area is 296 Å². The summed E-state index contributed by atoms with van der Waals surface area (Å²) >= 11 is 24.3. The number of aryl methyl sites for hydroxylation is 4. The molecule has 1 amide bonds. The van der Waals surface area contributed by atoms with Gasteiger partial charge < -0.3 is 4.57 Å². The van der Waals surface area contributed by atoms with Crippen molar-refractivity contribution in [3.8, 4) is 10.7 Å². The summed E-state index contributed by atoms with van der Waals surface area (Å²) in [7, 11) is 4.12. The van der Waals surface area contributed by atoms with Crippen molar-refractivity contribution in [3.05, 3.63) is 31.1 Å². The van der Waals surface area contributed by atoms with Gasteiger partial charge in [0.15, 0.2) is 10.6 Å². The Balaban J connectivity index is 0. The summed E-state index contributed by atoms with van der Waals surface area (Å²) in [4.78, 5) is 24.1. The van der Waals surface area contributed by atoms with E-state index in [-0.39, 0.29) is 10.8 Å². The second kappa shape index (κ2) is 24.3. The van der Waals surface area contributed by atoms with Crippen LogP contribution >= 0.6 is 147 Å². The first-order valence-electron chi connectivity index (χ1n) is 8.97. The van der Waals surface area contributed by atoms with Crippen LogP contribution in [0.2, 0.25) is 0 Å². The first-order chi connectivity index (χ1) is 16.8. The van der Waals surface area contributed by atoms with E-state index in [2.05, 4.69) is 148 Å². The number of carbonyl (C=O) groups excluding carboxylic acids is 1. The molecule has 0 aliphatic carbocycles. The molecule has 0 aliphatic heterocycles. The maximum absolute atomic E-state index is 11.0. The predicted octanol–water partition coefficient (Wildman–Crippen LogP) is 7.72. The zero-order chi connectivity index (χ0) is 28.4. The second-order valence-corrected chi connectivity index (χ2v) is 55.9. The molecular formula is C16H22I5N8OS4V2. The van der Waals surface area contributed by atoms with Gasteiger partial charge in [-0.1, -0.05) is 0 Å². The molecule has 3 aromatic heterocycles. The monoisotopic (exact) mass is 1210 g/mol. The van der Waals surface area contributed by atoms with Crippen LogP contribution in [0.3, 0.4) is 0 Å². The van der Waals surface area contributed by atoms with Crippen molar-refractivity contribution in [2.75, 3.05) is 7.05 Å². The van der Waals surface area contributed by atoms with Crippen LogP contribution in [0.25, 0.3) is 10.7 Å². The Bertz CT molecular complexity index is 1160. The minimum absolute atomic E-state index is 0.270. The molecule has 9 nitrogen and oxygen atoms in total. The van der Waals surface area contributed by atoms with Gasteiger partial charge in [-0.05, 0) is 52.1 Å². The molecule has 0 spiro atoms. The summed E-state index contributed by atoms with van der Waals surface area (Å²) in [5, 5.41) is 11.0. The fourth-order valence-corrected chi connectivity index (χ4v) is 4.00. The maximum atomic E-state index is 11.0. The normalized spacial score (nSPS) is 9.03. The second-order valence-electron chi connectivity index (χ2n) is 5.75. The van der Waals surface area contributed by atoms with Crippen molar-refractivity contribution in [2.45, 2.75) is 27.7 Å². The van der Waals surface area contributed by atoms with Crippen LogP contribution in [0, 0.1) is 32.5 Å². The number of rotatable bonds is 2. The Morgan fingerprint density at radius 2 is 1.61 bits per heavy atom. The van der Waals surface area contributed by atoms with Crippen molar-refractivity contribution in [2.24, 2.45) is 17.9 Å². The first-order valence-corrected chi connectivity index (χ1v) is 33.9. The van der Waals surface area contributed by atoms with Crippen molar-refractivity contribution in [1.29, 1.82) is 0 Å². The summed E-state index contributed by atoms with van der Waals surface area (Å²) in [5.74, 6) is 5.55. The van der Waals surface area contributed by atoms with Crippen molar-refractivity contribution < 1.29 is 19.2 Å². The van der Waals surface area contributed by atoms with Gasteiger partial charge in [0, 0.05) is 14.1 Å². The van der Waals surface area contributed by atoms with E-state index in [4.69, 9.17) is 18.1 Å². The number of thiocarbonyl (C=S) groups is 1. The van der Waals surface area contributed by atoms with Gasteiger partial charge in [0.05, 0.1) is 31.4 Å². The minimum atomic E-state index is -0.278. The van der Waals surface area contributed by atoms with Crippen LogP contribution in [0.1, 0.15) is 31.1 Å². The number of hydrogen-bond donors (Lipinski definition) is 3. The zero-order valence-corrected chi connectivity index (χ0v) is 36.5. The van der Waals surface area contributed by atoms with Gasteiger partial charge in [-0.2, -0.15) is 5.10 Å². The fraction of sp³-hybridized carbons (Fsp3) is 0.375. The van der Waals surface area contributed by atoms with Crippen molar-refractivity contribution in [1.82, 2.24) is 30.2 Å². The fourth-order valence-electron chi connectivity index (χ4n) is 2.10. The summed E-state index contributed by atoms with van der Waals surface area (Å²) in [6, 6.07) is 0. The Morgan fingerprint density at radius 3 is 1.89 bits per heavy atom. The number of amides is 1. The molecule has 0 aromatic carbocycles. The number of aliphatic imine (C=N–C) groups is 1. The van der Waals surface area contributed by atoms with E-state index in [1.165, 1.54) is 11.3 Å². The summed E-state index contributed by atoms with van der Waals surface area (Å²) in [6.07, 6.45) is 0. The predicted molar refractivity (Wildman–Crippen MR) is 193 cm³/mol. The Hall–Kier alpha value is 2.67. The molecule has 3 aromatic rings. The number of nitrogen functional groups attached to an aromatic ring is 1. The van der Waals surface area contributed by atoms with Crippen molar-refractivity contribution in [3.63, 3.8) is 0 Å². The summed E-state index contributed by atoms with van der Waals surface area (Å²) < 4.78 is 2.49. The summed E-state index contributed by atoms with van der Waals surface area (Å²) in [6.45, 7) is 7.61. The molecule has 0 bridgehead atoms. The number of aromatic nitrogens is 5. The molecule has 0 radical (unpaired) electrons. The number of H-pyrrole nitrogens is 1. The third kappa shape index (κ3) is 18.2. The number of nitrogens with two attached hydrogens (primary N) is 1. The Kier molecular flexibility index (Phi) is 27.5. The average molecular weight is 1210 g/mol. The number of isothiocyanates is 1. The van der Waals surface area contributed by atoms with Crippen LogP contribution in [0.15, 0.2) is 4.99 Å². The first kappa shape index (κ1) is 40.8. The van der Waals surface area contributed by atoms with E-state index in [0.717, 1.165) is 32.1 Å². The number of halogens is 5. The van der Waals surface area contributed by atoms with E-state index < -0.39 is 0 Å². The molecule has 4 N–H and O–H groups in total. The molecule has 3 heterocycles. The molecule has 0 aliphatic rings. The van der Waals surface area contributed by atoms with Gasteiger partial charge in [-0.25, -0.2) is 20.8 Å². The van der Waals surface area contributed by atoms with Crippen LogP contribution in [0.5, 0.6) is 0 Å². The van der Waals surface area contributed by atoms with Gasteiger partial charge in [0.25, 0.3) is 5.91 Å². The third-order valence-corrected chi connectivity index (χ3v) is 6.01. The standard InChI is InChI=1S/C8H10N4S2.C6H9N3OS.C2H3NS.5HI.2V/c1-4-6(14-5(2)9-4)7-10-11-8(13)12(7)3;1-3-5(6(10)9-7)11-4(2)8-3;1-3-2-4;;;;;;;/h1-3H3,(H,11,13);7H2,1-2H3,(H,9,10);1H3;5*1H;;/q;;;;;;;;+2;+3/p-5. The molecule has 0 fully saturated rings. The zero-order valence-electron chi connectivity index (χ0n) is 19.6. The molecular weight excluding hydrogens is 1180 g/mol. The van der Waals surface area contributed by atoms with Crippen LogP contribution in [0.4, 0.5) is 0 Å². The molecule has 201 valence electrons. The van der Waals surface area contributed by atoms with E-state index in [1.54, 1.807) is 25.3 Å². The topological polar surface area (TPSA) is 127 Å². The van der Waals surface area contributed by atoms with Crippen LogP contribution < -0.4 is 11.3 Å². The number of thiazole rings is 2. The van der Waals surface area contributed by atoms with Crippen molar-refractivity contribution >= 4 is 158 Å². The summed E-state index contributed by atoms with van der Waals surface area (Å²) in [5.41, 5.74) is 3.80. The number of aromatic amines is 1. The third-order valence-electron chi connectivity index (χ3n) is 3.32. The van der Waals surface area contributed by atoms with Gasteiger partial charge in [0.2, 0.25) is 0 Å². The average Bonchev–Trinajstić information content (AvgIpc) is 3.44. The number of hydrazine groups is 1. The van der Waals surface area contributed by atoms with E-state index in [1.807, 2.05) is 32.4 Å². The van der Waals surface area contributed by atoms with Crippen LogP contribution in [-0.2, 0) is 21.4 Å². The molecule has 20 heteroatoms. The van der Waals surface area contributed by atoms with E-state index in [9.17, 15) is 4.79 Å². The quantitative estimate of drug-likeness (QED) is 0.0600. The molecule has 0 atom stereocenters. The van der Waals surface area contributed by atoms with Crippen LogP contribution in [-0.4, -0.2) is 42.8 Å². The van der Waals surface area contributed by atoms with Gasteiger partial charge >= 0.3 is 114 Å². The number of nitrogens with zero attached hydrogens (tertiary/aromatic N) is 5. The molecule has 36 heavy (non-hydrogen) atoms. The molecule has 0 saturated carbocycles.